The molecule has 4 heterocycles. The van der Waals surface area contributed by atoms with Crippen molar-refractivity contribution >= 4 is 11.0 Å². The summed E-state index contributed by atoms with van der Waals surface area (Å²) in [5, 5.41) is 18.5. The number of aromatic nitrogens is 4. The molecule has 0 radical (unpaired) electrons. The first-order chi connectivity index (χ1) is 12.2. The summed E-state index contributed by atoms with van der Waals surface area (Å²) in [5.41, 5.74) is 3.18. The molecule has 0 fully saturated rings. The fourth-order valence-electron chi connectivity index (χ4n) is 3.30. The summed E-state index contributed by atoms with van der Waals surface area (Å²) in [7, 11) is 0. The number of rotatable bonds is 1. The van der Waals surface area contributed by atoms with Crippen molar-refractivity contribution in [1.29, 1.82) is 0 Å². The molecular formula is C18H12N4O3. The van der Waals surface area contributed by atoms with E-state index in [1.54, 1.807) is 42.7 Å². The Hall–Kier alpha value is -3.61. The first-order valence-electron chi connectivity index (χ1n) is 7.72. The number of pyridine rings is 1. The van der Waals surface area contributed by atoms with E-state index in [9.17, 15) is 9.90 Å². The van der Waals surface area contributed by atoms with Crippen molar-refractivity contribution in [3.63, 3.8) is 0 Å². The fraction of sp³-hybridized carbons (Fsp3) is 0.0556. The number of phenolic OH excluding ortho intramolecular Hbond substituents is 1. The SMILES string of the molecule is O=c1[nH]ccc2c1-c1cnnc3[nH]cc(c13)C(c1ccc(O)cc1)O2. The Morgan fingerprint density at radius 2 is 1.96 bits per heavy atom. The number of nitrogens with one attached hydrogen (secondary N) is 2. The van der Waals surface area contributed by atoms with Crippen LogP contribution in [-0.4, -0.2) is 25.3 Å². The Labute approximate surface area is 140 Å². The van der Waals surface area contributed by atoms with Crippen molar-refractivity contribution in [1.82, 2.24) is 20.2 Å². The van der Waals surface area contributed by atoms with E-state index in [0.29, 0.717) is 22.5 Å². The molecular weight excluding hydrogens is 320 g/mol. The molecule has 7 nitrogen and oxygen atoms in total. The molecule has 1 aromatic carbocycles. The third kappa shape index (κ3) is 1.96. The first kappa shape index (κ1) is 13.8. The van der Waals surface area contributed by atoms with E-state index >= 15 is 0 Å². The van der Waals surface area contributed by atoms with Crippen molar-refractivity contribution in [2.45, 2.75) is 6.10 Å². The minimum Gasteiger partial charge on any atom is -0.508 e. The summed E-state index contributed by atoms with van der Waals surface area (Å²) in [4.78, 5) is 18.2. The molecule has 1 aliphatic heterocycles. The molecule has 0 spiro atoms. The number of hydrogen-bond donors (Lipinski definition) is 3. The lowest BCUT2D eigenvalue weighted by molar-refractivity contribution is 0.250. The van der Waals surface area contributed by atoms with Crippen molar-refractivity contribution in [2.75, 3.05) is 0 Å². The molecule has 0 amide bonds. The van der Waals surface area contributed by atoms with Crippen LogP contribution < -0.4 is 10.3 Å². The Balaban J connectivity index is 1.87. The summed E-state index contributed by atoms with van der Waals surface area (Å²) in [6.45, 7) is 0. The van der Waals surface area contributed by atoms with Crippen LogP contribution >= 0.6 is 0 Å². The Morgan fingerprint density at radius 3 is 2.80 bits per heavy atom. The highest BCUT2D eigenvalue weighted by Gasteiger charge is 2.29. The van der Waals surface area contributed by atoms with Crippen molar-refractivity contribution in [3.8, 4) is 22.6 Å². The van der Waals surface area contributed by atoms with E-state index in [2.05, 4.69) is 20.2 Å². The van der Waals surface area contributed by atoms with Crippen molar-refractivity contribution in [3.05, 3.63) is 70.4 Å². The van der Waals surface area contributed by atoms with Gasteiger partial charge in [-0.05, 0) is 23.8 Å². The van der Waals surface area contributed by atoms with E-state index in [1.165, 1.54) is 0 Å². The zero-order chi connectivity index (χ0) is 17.0. The van der Waals surface area contributed by atoms with Gasteiger partial charge >= 0.3 is 0 Å². The van der Waals surface area contributed by atoms with E-state index < -0.39 is 6.10 Å². The zero-order valence-corrected chi connectivity index (χ0v) is 12.9. The van der Waals surface area contributed by atoms with Gasteiger partial charge in [0.1, 0.15) is 11.5 Å². The number of ether oxygens (including phenoxy) is 1. The van der Waals surface area contributed by atoms with Crippen LogP contribution in [0, 0.1) is 0 Å². The Morgan fingerprint density at radius 1 is 1.12 bits per heavy atom. The standard InChI is InChI=1S/C18H12N4O3/c23-10-3-1-9(2-4-10)16-12-7-20-17-14(12)11(8-21-22-17)15-13(25-16)5-6-19-18(15)24/h1-8,16,23H,(H,19,24)(H,20,22). The van der Waals surface area contributed by atoms with Crippen LogP contribution in [0.1, 0.15) is 17.2 Å². The van der Waals surface area contributed by atoms with Crippen molar-refractivity contribution in [2.24, 2.45) is 0 Å². The van der Waals surface area contributed by atoms with Crippen LogP contribution in [-0.2, 0) is 0 Å². The number of phenols is 1. The minimum atomic E-state index is -0.444. The van der Waals surface area contributed by atoms with Gasteiger partial charge in [-0.25, -0.2) is 0 Å². The zero-order valence-electron chi connectivity index (χ0n) is 12.9. The molecule has 1 atom stereocenters. The number of aromatic hydroxyl groups is 1. The molecule has 25 heavy (non-hydrogen) atoms. The Bertz CT molecular complexity index is 1160. The van der Waals surface area contributed by atoms with Gasteiger partial charge in [-0.1, -0.05) is 12.1 Å². The van der Waals surface area contributed by atoms with Crippen LogP contribution in [0.15, 0.2) is 53.7 Å². The average Bonchev–Trinajstić information content (AvgIpc) is 2.98. The average molecular weight is 332 g/mol. The number of fused-ring (bicyclic) bond motifs is 2. The second-order valence-corrected chi connectivity index (χ2v) is 5.86. The molecule has 0 aliphatic carbocycles. The molecule has 3 N–H and O–H groups in total. The van der Waals surface area contributed by atoms with Crippen LogP contribution in [0.3, 0.4) is 0 Å². The maximum atomic E-state index is 12.4. The number of H-pyrrole nitrogens is 2. The third-order valence-corrected chi connectivity index (χ3v) is 4.42. The van der Waals surface area contributed by atoms with Gasteiger partial charge in [0.25, 0.3) is 5.56 Å². The quantitative estimate of drug-likeness (QED) is 0.497. The van der Waals surface area contributed by atoms with Gasteiger partial charge in [-0.15, -0.1) is 5.10 Å². The van der Waals surface area contributed by atoms with Crippen LogP contribution in [0.25, 0.3) is 22.2 Å². The molecule has 0 bridgehead atoms. The third-order valence-electron chi connectivity index (χ3n) is 4.42. The summed E-state index contributed by atoms with van der Waals surface area (Å²) in [6.07, 6.45) is 4.51. The molecule has 0 saturated carbocycles. The highest BCUT2D eigenvalue weighted by Crippen LogP contribution is 2.43. The molecule has 1 unspecified atom stereocenters. The molecule has 3 aromatic heterocycles. The van der Waals surface area contributed by atoms with Gasteiger partial charge < -0.3 is 19.8 Å². The largest absolute Gasteiger partial charge is 0.508 e. The number of nitrogens with zero attached hydrogens (tertiary/aromatic N) is 2. The van der Waals surface area contributed by atoms with Gasteiger partial charge in [0.15, 0.2) is 11.8 Å². The maximum absolute atomic E-state index is 12.4. The van der Waals surface area contributed by atoms with Gasteiger partial charge in [-0.3, -0.25) is 4.79 Å². The second-order valence-electron chi connectivity index (χ2n) is 5.86. The van der Waals surface area contributed by atoms with Gasteiger partial charge in [0.2, 0.25) is 0 Å². The van der Waals surface area contributed by atoms with Gasteiger partial charge in [0.05, 0.1) is 11.8 Å². The molecule has 7 heteroatoms. The highest BCUT2D eigenvalue weighted by atomic mass is 16.5. The van der Waals surface area contributed by atoms with E-state index in [4.69, 9.17) is 4.74 Å². The number of benzene rings is 1. The molecule has 4 aromatic rings. The number of hydrogen-bond acceptors (Lipinski definition) is 5. The minimum absolute atomic E-state index is 0.180. The van der Waals surface area contributed by atoms with E-state index in [1.807, 2.05) is 6.20 Å². The smallest absolute Gasteiger partial charge is 0.259 e. The fourth-order valence-corrected chi connectivity index (χ4v) is 3.30. The van der Waals surface area contributed by atoms with Crippen molar-refractivity contribution < 1.29 is 9.84 Å². The lowest BCUT2D eigenvalue weighted by Gasteiger charge is -2.18. The van der Waals surface area contributed by atoms with E-state index in [0.717, 1.165) is 16.5 Å². The monoisotopic (exact) mass is 332 g/mol. The summed E-state index contributed by atoms with van der Waals surface area (Å²) in [5.74, 6) is 0.659. The molecule has 5 rings (SSSR count). The predicted octanol–water partition coefficient (Wildman–Crippen LogP) is 2.50. The summed E-state index contributed by atoms with van der Waals surface area (Å²) < 4.78 is 6.22. The van der Waals surface area contributed by atoms with Gasteiger partial charge in [-0.2, -0.15) is 5.10 Å². The first-order valence-corrected chi connectivity index (χ1v) is 7.72. The van der Waals surface area contributed by atoms with Crippen LogP contribution in [0.2, 0.25) is 0 Å². The maximum Gasteiger partial charge on any atom is 0.259 e. The highest BCUT2D eigenvalue weighted by molar-refractivity contribution is 5.97. The Kier molecular flexibility index (Phi) is 2.73. The van der Waals surface area contributed by atoms with Crippen LogP contribution in [0.5, 0.6) is 11.5 Å². The molecule has 0 saturated heterocycles. The van der Waals surface area contributed by atoms with Crippen LogP contribution in [0.4, 0.5) is 0 Å². The lowest BCUT2D eigenvalue weighted by Crippen LogP contribution is -2.12. The summed E-state index contributed by atoms with van der Waals surface area (Å²) in [6, 6.07) is 8.54. The molecule has 1 aliphatic rings. The number of aromatic amines is 2. The lowest BCUT2D eigenvalue weighted by atomic mass is 9.99. The van der Waals surface area contributed by atoms with E-state index in [-0.39, 0.29) is 11.3 Å². The normalized spacial score (nSPS) is 15.4. The summed E-state index contributed by atoms with van der Waals surface area (Å²) >= 11 is 0. The second kappa shape index (κ2) is 4.94. The molecule has 122 valence electrons. The predicted molar refractivity (Wildman–Crippen MR) is 90.5 cm³/mol. The topological polar surface area (TPSA) is 104 Å². The van der Waals surface area contributed by atoms with Gasteiger partial charge in [0, 0.05) is 28.9 Å².